The molecule has 0 aliphatic rings. The van der Waals surface area contributed by atoms with Gasteiger partial charge in [-0.05, 0) is 18.2 Å². The summed E-state index contributed by atoms with van der Waals surface area (Å²) in [6, 6.07) is 5.35. The average molecular weight is 235 g/mol. The predicted molar refractivity (Wildman–Crippen MR) is 59.0 cm³/mol. The molecular weight excluding hydrogens is 222 g/mol. The molecule has 0 unspecified atom stereocenters. The monoisotopic (exact) mass is 235 g/mol. The lowest BCUT2D eigenvalue weighted by Crippen LogP contribution is -1.96. The van der Waals surface area contributed by atoms with Crippen molar-refractivity contribution in [3.05, 3.63) is 18.2 Å². The van der Waals surface area contributed by atoms with Gasteiger partial charge in [-0.1, -0.05) is 0 Å². The molecule has 0 aliphatic carbocycles. The van der Waals surface area contributed by atoms with E-state index in [0.29, 0.717) is 0 Å². The van der Waals surface area contributed by atoms with Crippen LogP contribution in [0.2, 0.25) is 0 Å². The summed E-state index contributed by atoms with van der Waals surface area (Å²) >= 11 is 0. The number of anilines is 3. The van der Waals surface area contributed by atoms with Crippen LogP contribution in [0.1, 0.15) is 0 Å². The minimum absolute atomic E-state index is 0.719. The van der Waals surface area contributed by atoms with E-state index in [9.17, 15) is 0 Å². The van der Waals surface area contributed by atoms with E-state index in [0.717, 1.165) is 17.1 Å². The third-order valence-corrected chi connectivity index (χ3v) is 1.35. The van der Waals surface area contributed by atoms with Crippen LogP contribution in [0.5, 0.6) is 0 Å². The molecule has 0 radical (unpaired) electrons. The Morgan fingerprint density at radius 1 is 1.27 bits per heavy atom. The van der Waals surface area contributed by atoms with Crippen LogP contribution < -0.4 is 16.8 Å². The minimum atomic E-state index is -4.67. The number of hydrogen-bond acceptors (Lipinski definition) is 5. The number of rotatable bonds is 1. The SMILES string of the molecule is CNc1cc(N)ccc1N.O=S(=O)(O)O. The van der Waals surface area contributed by atoms with Crippen LogP contribution in [0.25, 0.3) is 0 Å². The summed E-state index contributed by atoms with van der Waals surface area (Å²) in [5, 5.41) is 2.93. The fourth-order valence-corrected chi connectivity index (χ4v) is 0.790. The van der Waals surface area contributed by atoms with E-state index in [1.54, 1.807) is 18.2 Å². The largest absolute Gasteiger partial charge is 0.399 e. The van der Waals surface area contributed by atoms with Gasteiger partial charge >= 0.3 is 10.4 Å². The van der Waals surface area contributed by atoms with Crippen molar-refractivity contribution in [2.75, 3.05) is 23.8 Å². The highest BCUT2D eigenvalue weighted by atomic mass is 32.3. The number of nitrogens with one attached hydrogen (secondary N) is 1. The van der Waals surface area contributed by atoms with Crippen molar-refractivity contribution >= 4 is 27.5 Å². The first-order valence-electron chi connectivity index (χ1n) is 3.76. The van der Waals surface area contributed by atoms with Gasteiger partial charge in [0.05, 0.1) is 11.4 Å². The van der Waals surface area contributed by atoms with Crippen LogP contribution >= 0.6 is 0 Å². The highest BCUT2D eigenvalue weighted by Crippen LogP contribution is 2.19. The van der Waals surface area contributed by atoms with Crippen LogP contribution in [-0.2, 0) is 10.4 Å². The number of nitrogens with two attached hydrogens (primary N) is 2. The quantitative estimate of drug-likeness (QED) is 0.347. The highest BCUT2D eigenvalue weighted by molar-refractivity contribution is 7.79. The molecule has 7 nitrogen and oxygen atoms in total. The van der Waals surface area contributed by atoms with Gasteiger partial charge in [-0.25, -0.2) is 0 Å². The smallest absolute Gasteiger partial charge is 0.394 e. The van der Waals surface area contributed by atoms with Gasteiger partial charge in [-0.2, -0.15) is 8.42 Å². The molecule has 86 valence electrons. The zero-order valence-electron chi connectivity index (χ0n) is 8.01. The van der Waals surface area contributed by atoms with Crippen molar-refractivity contribution in [1.29, 1.82) is 0 Å². The first-order valence-corrected chi connectivity index (χ1v) is 5.16. The number of benzene rings is 1. The van der Waals surface area contributed by atoms with Gasteiger partial charge in [0, 0.05) is 12.7 Å². The molecule has 15 heavy (non-hydrogen) atoms. The molecule has 1 aromatic rings. The molecule has 1 rings (SSSR count). The molecule has 7 N–H and O–H groups in total. The van der Waals surface area contributed by atoms with Gasteiger partial charge in [0.2, 0.25) is 0 Å². The molecule has 0 amide bonds. The Morgan fingerprint density at radius 2 is 1.73 bits per heavy atom. The van der Waals surface area contributed by atoms with Crippen LogP contribution in [0.3, 0.4) is 0 Å². The fraction of sp³-hybridized carbons (Fsp3) is 0.143. The van der Waals surface area contributed by atoms with Gasteiger partial charge in [-0.3, -0.25) is 9.11 Å². The summed E-state index contributed by atoms with van der Waals surface area (Å²) < 4.78 is 31.6. The van der Waals surface area contributed by atoms with Crippen LogP contribution in [-0.4, -0.2) is 24.6 Å². The molecule has 0 bridgehead atoms. The summed E-state index contributed by atoms with van der Waals surface area (Å²) in [5.74, 6) is 0. The second-order valence-corrected chi connectivity index (χ2v) is 3.44. The lowest BCUT2D eigenvalue weighted by Gasteiger charge is -2.04. The predicted octanol–water partition coefficient (Wildman–Crippen LogP) is 0.240. The average Bonchev–Trinajstić information content (AvgIpc) is 2.06. The second-order valence-electron chi connectivity index (χ2n) is 2.54. The lowest BCUT2D eigenvalue weighted by atomic mass is 10.2. The van der Waals surface area contributed by atoms with Crippen LogP contribution in [0, 0.1) is 0 Å². The van der Waals surface area contributed by atoms with Gasteiger partial charge in [-0.15, -0.1) is 0 Å². The molecule has 0 saturated heterocycles. The van der Waals surface area contributed by atoms with E-state index < -0.39 is 10.4 Å². The Bertz CT molecular complexity index is 410. The first kappa shape index (κ1) is 13.5. The van der Waals surface area contributed by atoms with Gasteiger partial charge in [0.15, 0.2) is 0 Å². The summed E-state index contributed by atoms with van der Waals surface area (Å²) in [6.45, 7) is 0. The van der Waals surface area contributed by atoms with Gasteiger partial charge < -0.3 is 16.8 Å². The van der Waals surface area contributed by atoms with E-state index in [-0.39, 0.29) is 0 Å². The van der Waals surface area contributed by atoms with Crippen molar-refractivity contribution in [3.63, 3.8) is 0 Å². The summed E-state index contributed by atoms with van der Waals surface area (Å²) in [7, 11) is -2.86. The Balaban J connectivity index is 0.000000336. The van der Waals surface area contributed by atoms with Gasteiger partial charge in [0.25, 0.3) is 0 Å². The zero-order valence-corrected chi connectivity index (χ0v) is 8.82. The van der Waals surface area contributed by atoms with Crippen molar-refractivity contribution in [3.8, 4) is 0 Å². The number of nitrogen functional groups attached to an aromatic ring is 2. The Kier molecular flexibility index (Phi) is 4.85. The molecule has 0 spiro atoms. The van der Waals surface area contributed by atoms with E-state index in [1.165, 1.54) is 0 Å². The maximum atomic E-state index is 8.74. The molecule has 0 aromatic heterocycles. The Labute approximate surface area is 87.7 Å². The molecule has 0 saturated carbocycles. The molecule has 8 heteroatoms. The van der Waals surface area contributed by atoms with Crippen molar-refractivity contribution in [2.45, 2.75) is 0 Å². The number of hydrogen-bond donors (Lipinski definition) is 5. The van der Waals surface area contributed by atoms with Crippen LogP contribution in [0.4, 0.5) is 17.1 Å². The maximum absolute atomic E-state index is 8.74. The summed E-state index contributed by atoms with van der Waals surface area (Å²) in [6.07, 6.45) is 0. The van der Waals surface area contributed by atoms with Crippen molar-refractivity contribution in [2.24, 2.45) is 0 Å². The summed E-state index contributed by atoms with van der Waals surface area (Å²) in [4.78, 5) is 0. The fourth-order valence-electron chi connectivity index (χ4n) is 0.790. The Hall–Kier alpha value is -1.51. The topological polar surface area (TPSA) is 139 Å². The normalized spacial score (nSPS) is 10.1. The molecular formula is C7H13N3O4S. The third-order valence-electron chi connectivity index (χ3n) is 1.35. The zero-order chi connectivity index (χ0) is 12.1. The third kappa shape index (κ3) is 7.55. The molecule has 0 aliphatic heterocycles. The van der Waals surface area contributed by atoms with Crippen molar-refractivity contribution < 1.29 is 17.5 Å². The maximum Gasteiger partial charge on any atom is 0.394 e. The minimum Gasteiger partial charge on any atom is -0.399 e. The Morgan fingerprint density at radius 3 is 2.07 bits per heavy atom. The molecule has 0 fully saturated rings. The van der Waals surface area contributed by atoms with Gasteiger partial charge in [0.1, 0.15) is 0 Å². The van der Waals surface area contributed by atoms with Crippen molar-refractivity contribution in [1.82, 2.24) is 0 Å². The van der Waals surface area contributed by atoms with E-state index >= 15 is 0 Å². The first-order chi connectivity index (χ1) is 6.74. The van der Waals surface area contributed by atoms with E-state index in [1.807, 2.05) is 7.05 Å². The van der Waals surface area contributed by atoms with E-state index in [2.05, 4.69) is 5.32 Å². The van der Waals surface area contributed by atoms with E-state index in [4.69, 9.17) is 29.0 Å². The molecule has 1 aromatic carbocycles. The summed E-state index contributed by atoms with van der Waals surface area (Å²) in [5.41, 5.74) is 13.4. The molecule has 0 atom stereocenters. The highest BCUT2D eigenvalue weighted by Gasteiger charge is 1.94. The van der Waals surface area contributed by atoms with Crippen LogP contribution in [0.15, 0.2) is 18.2 Å². The molecule has 0 heterocycles. The lowest BCUT2D eigenvalue weighted by molar-refractivity contribution is 0.381. The second kappa shape index (κ2) is 5.39. The standard InChI is InChI=1S/C7H11N3.H2O4S/c1-10-7-4-5(8)2-3-6(7)9;1-5(2,3)4/h2-4,10H,8-9H2,1H3;(H2,1,2,3,4).